The van der Waals surface area contributed by atoms with Gasteiger partial charge in [0, 0.05) is 18.0 Å². The molecule has 1 saturated carbocycles. The molecule has 2 aliphatic carbocycles. The number of nitrogens with zero attached hydrogens (tertiary/aromatic N) is 1. The number of imide groups is 1. The summed E-state index contributed by atoms with van der Waals surface area (Å²) in [6.07, 6.45) is 3.70. The lowest BCUT2D eigenvalue weighted by atomic mass is 9.71. The number of hydrogen-bond acceptors (Lipinski definition) is 4. The molecule has 0 radical (unpaired) electrons. The lowest BCUT2D eigenvalue weighted by Gasteiger charge is -2.36. The highest BCUT2D eigenvalue weighted by Crippen LogP contribution is 2.63. The molecule has 2 fully saturated rings. The van der Waals surface area contributed by atoms with Crippen molar-refractivity contribution in [2.24, 2.45) is 23.7 Å². The second kappa shape index (κ2) is 9.00. The molecule has 5 heteroatoms. The highest BCUT2D eigenvalue weighted by atomic mass is 16.3. The Morgan fingerprint density at radius 2 is 1.28 bits per heavy atom. The van der Waals surface area contributed by atoms with Crippen molar-refractivity contribution >= 4 is 17.4 Å². The fraction of sp³-hybridized carbons (Fsp3) is 0.147. The molecule has 1 saturated heterocycles. The summed E-state index contributed by atoms with van der Waals surface area (Å²) in [6, 6.07) is 35.1. The van der Waals surface area contributed by atoms with Gasteiger partial charge in [-0.05, 0) is 45.5 Å². The third kappa shape index (κ3) is 3.47. The maximum atomic E-state index is 13.4. The van der Waals surface area contributed by atoms with Gasteiger partial charge >= 0.3 is 0 Å². The second-order valence-electron chi connectivity index (χ2n) is 10.4. The van der Waals surface area contributed by atoms with E-state index in [4.69, 9.17) is 0 Å². The zero-order valence-corrected chi connectivity index (χ0v) is 21.1. The second-order valence-corrected chi connectivity index (χ2v) is 10.4. The average Bonchev–Trinajstić information content (AvgIpc) is 3.63. The topological polar surface area (TPSA) is 79.3 Å². The van der Waals surface area contributed by atoms with Gasteiger partial charge in [-0.2, -0.15) is 0 Å². The summed E-state index contributed by atoms with van der Waals surface area (Å²) in [5, 5.41) is 15.3. The van der Waals surface area contributed by atoms with Crippen LogP contribution >= 0.6 is 0 Å². The van der Waals surface area contributed by atoms with E-state index in [0.29, 0.717) is 16.8 Å². The zero-order valence-electron chi connectivity index (χ0n) is 21.1. The molecule has 2 N–H and O–H groups in total. The van der Waals surface area contributed by atoms with Gasteiger partial charge in [0.15, 0.2) is 5.60 Å². The van der Waals surface area contributed by atoms with E-state index in [1.54, 1.807) is 6.20 Å². The molecule has 7 rings (SSSR count). The number of aromatic nitrogens is 1. The first-order valence-electron chi connectivity index (χ1n) is 13.2. The predicted octanol–water partition coefficient (Wildman–Crippen LogP) is 4.89. The SMILES string of the molecule is O=C1NC(=O)[C@H]2C3C(C(O)(c4ccccc4)c4ccccn4)=CC(C3=C(c3ccccc3)c3ccccc3)[C@@H]12. The smallest absolute Gasteiger partial charge is 0.231 e. The van der Waals surface area contributed by atoms with Crippen LogP contribution in [0.2, 0.25) is 0 Å². The third-order valence-electron chi connectivity index (χ3n) is 8.43. The van der Waals surface area contributed by atoms with Crippen LogP contribution in [0, 0.1) is 23.7 Å². The number of pyridine rings is 1. The first kappa shape index (κ1) is 23.5. The molecule has 190 valence electrons. The molecule has 2 bridgehead atoms. The monoisotopic (exact) mass is 510 g/mol. The van der Waals surface area contributed by atoms with Crippen LogP contribution < -0.4 is 5.32 Å². The summed E-state index contributed by atoms with van der Waals surface area (Å²) in [6.45, 7) is 0. The van der Waals surface area contributed by atoms with E-state index in [1.807, 2.05) is 91.0 Å². The van der Waals surface area contributed by atoms with E-state index in [1.165, 1.54) is 0 Å². The molecular weight excluding hydrogens is 484 g/mol. The molecule has 1 aromatic heterocycles. The minimum absolute atomic E-state index is 0.244. The number of fused-ring (bicyclic) bond motifs is 5. The van der Waals surface area contributed by atoms with Crippen molar-refractivity contribution in [2.75, 3.05) is 0 Å². The number of carbonyl (C=O) groups excluding carboxylic acids is 2. The Kier molecular flexibility index (Phi) is 5.42. The summed E-state index contributed by atoms with van der Waals surface area (Å²) in [5.41, 5.74) is 4.30. The van der Waals surface area contributed by atoms with Crippen molar-refractivity contribution in [1.29, 1.82) is 0 Å². The van der Waals surface area contributed by atoms with Gasteiger partial charge in [0.25, 0.3) is 0 Å². The molecule has 4 aromatic rings. The molecule has 5 nitrogen and oxygen atoms in total. The summed E-state index contributed by atoms with van der Waals surface area (Å²) in [7, 11) is 0. The number of nitrogens with one attached hydrogen (secondary N) is 1. The van der Waals surface area contributed by atoms with Crippen LogP contribution in [-0.2, 0) is 15.2 Å². The molecule has 5 atom stereocenters. The van der Waals surface area contributed by atoms with Gasteiger partial charge in [-0.1, -0.05) is 103 Å². The molecule has 3 aromatic carbocycles. The van der Waals surface area contributed by atoms with Crippen LogP contribution in [0.15, 0.2) is 133 Å². The van der Waals surface area contributed by atoms with Crippen molar-refractivity contribution in [3.05, 3.63) is 155 Å². The first-order valence-corrected chi connectivity index (χ1v) is 13.2. The lowest BCUT2D eigenvalue weighted by Crippen LogP contribution is -2.38. The maximum Gasteiger partial charge on any atom is 0.231 e. The van der Waals surface area contributed by atoms with Gasteiger partial charge in [0.05, 0.1) is 17.5 Å². The number of aliphatic hydroxyl groups is 1. The Morgan fingerprint density at radius 1 is 0.718 bits per heavy atom. The minimum Gasteiger partial charge on any atom is -0.375 e. The fourth-order valence-electron chi connectivity index (χ4n) is 6.90. The number of amides is 2. The van der Waals surface area contributed by atoms with Gasteiger partial charge in [-0.15, -0.1) is 0 Å². The highest BCUT2D eigenvalue weighted by molar-refractivity contribution is 6.08. The molecule has 0 spiro atoms. The number of rotatable bonds is 5. The Bertz CT molecular complexity index is 1550. The molecule has 3 aliphatic rings. The van der Waals surface area contributed by atoms with Crippen molar-refractivity contribution in [2.45, 2.75) is 5.60 Å². The minimum atomic E-state index is -1.58. The average molecular weight is 511 g/mol. The molecular formula is C34H26N2O3. The Labute approximate surface area is 226 Å². The van der Waals surface area contributed by atoms with E-state index in [9.17, 15) is 14.7 Å². The van der Waals surface area contributed by atoms with Crippen molar-refractivity contribution < 1.29 is 14.7 Å². The van der Waals surface area contributed by atoms with Crippen LogP contribution in [0.1, 0.15) is 22.4 Å². The number of allylic oxidation sites excluding steroid dienone is 2. The van der Waals surface area contributed by atoms with E-state index in [2.05, 4.69) is 34.6 Å². The summed E-state index contributed by atoms with van der Waals surface area (Å²) < 4.78 is 0. The van der Waals surface area contributed by atoms with E-state index in [-0.39, 0.29) is 17.7 Å². The van der Waals surface area contributed by atoms with E-state index >= 15 is 0 Å². The van der Waals surface area contributed by atoms with Gasteiger partial charge in [-0.3, -0.25) is 19.9 Å². The number of carbonyl (C=O) groups is 2. The standard InChI is InChI=1S/C34H26N2O3/c37-32-29-24-20-25(34(39,23-16-8-3-9-17-23)26-18-10-11-19-35-26)30(31(29)33(38)36-32)28(24)27(21-12-4-1-5-13-21)22-14-6-2-7-15-22/h1-20,24,29-31,39H,(H,36,37,38)/t24?,29-,30?,31-,34?/m1/s1. The Hall–Kier alpha value is -4.61. The third-order valence-corrected chi connectivity index (χ3v) is 8.43. The molecule has 2 heterocycles. The largest absolute Gasteiger partial charge is 0.375 e. The van der Waals surface area contributed by atoms with E-state index in [0.717, 1.165) is 22.3 Å². The molecule has 39 heavy (non-hydrogen) atoms. The van der Waals surface area contributed by atoms with Crippen LogP contribution in [0.4, 0.5) is 0 Å². The summed E-state index contributed by atoms with van der Waals surface area (Å²) in [5.74, 6) is -2.44. The van der Waals surface area contributed by atoms with Crippen molar-refractivity contribution in [3.8, 4) is 0 Å². The quantitative estimate of drug-likeness (QED) is 0.296. The maximum absolute atomic E-state index is 13.4. The first-order chi connectivity index (χ1) is 19.1. The lowest BCUT2D eigenvalue weighted by molar-refractivity contribution is -0.126. The molecule has 2 amide bonds. The van der Waals surface area contributed by atoms with E-state index < -0.39 is 23.4 Å². The van der Waals surface area contributed by atoms with Crippen molar-refractivity contribution in [3.63, 3.8) is 0 Å². The Morgan fingerprint density at radius 3 is 1.87 bits per heavy atom. The van der Waals surface area contributed by atoms with Crippen LogP contribution in [0.3, 0.4) is 0 Å². The normalized spacial score (nSPS) is 24.6. The Balaban J connectivity index is 1.53. The molecule has 3 unspecified atom stereocenters. The molecule has 1 aliphatic heterocycles. The van der Waals surface area contributed by atoms with Gasteiger partial charge in [-0.25, -0.2) is 0 Å². The predicted molar refractivity (Wildman–Crippen MR) is 148 cm³/mol. The van der Waals surface area contributed by atoms with Crippen LogP contribution in [-0.4, -0.2) is 21.9 Å². The summed E-state index contributed by atoms with van der Waals surface area (Å²) >= 11 is 0. The fourth-order valence-corrected chi connectivity index (χ4v) is 6.90. The van der Waals surface area contributed by atoms with Crippen LogP contribution in [0.25, 0.3) is 5.57 Å². The highest BCUT2D eigenvalue weighted by Gasteiger charge is 2.64. The summed E-state index contributed by atoms with van der Waals surface area (Å²) in [4.78, 5) is 31.1. The van der Waals surface area contributed by atoms with Gasteiger partial charge in [0.1, 0.15) is 0 Å². The zero-order chi connectivity index (χ0) is 26.6. The number of hydrogen-bond donors (Lipinski definition) is 2. The van der Waals surface area contributed by atoms with Crippen molar-refractivity contribution in [1.82, 2.24) is 10.3 Å². The number of benzene rings is 3. The van der Waals surface area contributed by atoms with Crippen LogP contribution in [0.5, 0.6) is 0 Å². The van der Waals surface area contributed by atoms with Gasteiger partial charge < -0.3 is 5.11 Å². The van der Waals surface area contributed by atoms with Gasteiger partial charge in [0.2, 0.25) is 11.8 Å².